The fourth-order valence-electron chi connectivity index (χ4n) is 5.14. The van der Waals surface area contributed by atoms with Crippen molar-refractivity contribution < 1.29 is 9.18 Å². The number of anilines is 1. The van der Waals surface area contributed by atoms with Crippen molar-refractivity contribution in [1.82, 2.24) is 14.8 Å². The zero-order chi connectivity index (χ0) is 21.7. The summed E-state index contributed by atoms with van der Waals surface area (Å²) in [6.45, 7) is 2.30. The molecule has 30 heavy (non-hydrogen) atoms. The summed E-state index contributed by atoms with van der Waals surface area (Å²) in [4.78, 5) is 29.1. The van der Waals surface area contributed by atoms with Gasteiger partial charge in [-0.1, -0.05) is 12.1 Å². The molecule has 1 aromatic carbocycles. The molecule has 0 atom stereocenters. The number of nitrogens with one attached hydrogen (secondary N) is 1. The lowest BCUT2D eigenvalue weighted by Crippen LogP contribution is -2.54. The van der Waals surface area contributed by atoms with E-state index in [0.717, 1.165) is 31.2 Å². The quantitative estimate of drug-likeness (QED) is 0.843. The number of halogens is 1. The number of benzene rings is 1. The van der Waals surface area contributed by atoms with Crippen molar-refractivity contribution in [3.8, 4) is 0 Å². The van der Waals surface area contributed by atoms with Crippen LogP contribution in [-0.2, 0) is 12.6 Å². The number of pyridine rings is 1. The van der Waals surface area contributed by atoms with Crippen LogP contribution in [0.5, 0.6) is 0 Å². The molecule has 1 aliphatic carbocycles. The Kier molecular flexibility index (Phi) is 4.97. The molecule has 1 N–H and O–H groups in total. The zero-order valence-corrected chi connectivity index (χ0v) is 18.0. The molecule has 0 bridgehead atoms. The first-order chi connectivity index (χ1) is 14.2. The maximum absolute atomic E-state index is 13.9. The summed E-state index contributed by atoms with van der Waals surface area (Å²) in [6.07, 6.45) is 4.90. The normalized spacial score (nSPS) is 26.5. The molecular formula is C23H29FN4O2. The van der Waals surface area contributed by atoms with E-state index in [2.05, 4.69) is 10.2 Å². The minimum Gasteiger partial charge on any atom is -0.330 e. The van der Waals surface area contributed by atoms with Crippen LogP contribution in [0.4, 0.5) is 14.9 Å². The molecule has 1 saturated heterocycles. The average Bonchev–Trinajstić information content (AvgIpc) is 3.02. The number of carbonyl (C=O) groups excluding carboxylic acids is 1. The summed E-state index contributed by atoms with van der Waals surface area (Å²) in [6, 6.07) is 8.52. The van der Waals surface area contributed by atoms with E-state index in [9.17, 15) is 14.0 Å². The smallest absolute Gasteiger partial charge is 0.322 e. The van der Waals surface area contributed by atoms with Crippen LogP contribution in [0.2, 0.25) is 0 Å². The highest BCUT2D eigenvalue weighted by atomic mass is 19.1. The second-order valence-corrected chi connectivity index (χ2v) is 8.98. The van der Waals surface area contributed by atoms with Gasteiger partial charge in [-0.05, 0) is 70.5 Å². The standard InChI is InChI=1S/C23H29FN4O2/c1-16-19(8-13-27(4)20(16)29)28-15-22(25-21(28)30)9-11-23(12-10-22,26(2)3)17-6-5-7-18(24)14-17/h5-8,13-14H,9-12,15H2,1-4H3,(H,25,30). The van der Waals surface area contributed by atoms with Gasteiger partial charge in [-0.2, -0.15) is 0 Å². The van der Waals surface area contributed by atoms with Crippen molar-refractivity contribution in [2.45, 2.75) is 43.7 Å². The van der Waals surface area contributed by atoms with Gasteiger partial charge in [0.2, 0.25) is 0 Å². The van der Waals surface area contributed by atoms with Gasteiger partial charge in [0.1, 0.15) is 5.82 Å². The predicted molar refractivity (Wildman–Crippen MR) is 115 cm³/mol. The monoisotopic (exact) mass is 412 g/mol. The number of nitrogens with zero attached hydrogens (tertiary/aromatic N) is 3. The lowest BCUT2D eigenvalue weighted by Gasteiger charge is -2.48. The maximum Gasteiger partial charge on any atom is 0.322 e. The van der Waals surface area contributed by atoms with Crippen molar-refractivity contribution in [1.29, 1.82) is 0 Å². The first kappa shape index (κ1) is 20.6. The van der Waals surface area contributed by atoms with E-state index in [1.165, 1.54) is 10.6 Å². The Bertz CT molecular complexity index is 1040. The van der Waals surface area contributed by atoms with E-state index in [0.29, 0.717) is 17.8 Å². The van der Waals surface area contributed by atoms with Gasteiger partial charge in [0.15, 0.2) is 0 Å². The largest absolute Gasteiger partial charge is 0.330 e. The first-order valence-corrected chi connectivity index (χ1v) is 10.4. The Morgan fingerprint density at radius 1 is 1.10 bits per heavy atom. The maximum atomic E-state index is 13.9. The molecule has 2 amide bonds. The van der Waals surface area contributed by atoms with Gasteiger partial charge in [0.25, 0.3) is 5.56 Å². The van der Waals surface area contributed by atoms with Crippen molar-refractivity contribution in [3.63, 3.8) is 0 Å². The average molecular weight is 413 g/mol. The molecule has 1 aromatic heterocycles. The van der Waals surface area contributed by atoms with Gasteiger partial charge in [-0.3, -0.25) is 14.6 Å². The van der Waals surface area contributed by atoms with Gasteiger partial charge in [-0.15, -0.1) is 0 Å². The van der Waals surface area contributed by atoms with Crippen LogP contribution in [0.3, 0.4) is 0 Å². The Morgan fingerprint density at radius 2 is 1.80 bits per heavy atom. The highest BCUT2D eigenvalue weighted by Gasteiger charge is 2.50. The number of urea groups is 1. The number of carbonyl (C=O) groups is 1. The predicted octanol–water partition coefficient (Wildman–Crippen LogP) is 3.13. The van der Waals surface area contributed by atoms with Crippen molar-refractivity contribution in [3.05, 3.63) is 63.8 Å². The number of aryl methyl sites for hydroxylation is 1. The number of hydrogen-bond donors (Lipinski definition) is 1. The minimum atomic E-state index is -0.336. The SMILES string of the molecule is Cc1c(N2CC3(CCC(c4cccc(F)c4)(N(C)C)CC3)NC2=O)ccn(C)c1=O. The van der Waals surface area contributed by atoms with E-state index < -0.39 is 0 Å². The molecule has 1 spiro atoms. The first-order valence-electron chi connectivity index (χ1n) is 10.4. The van der Waals surface area contributed by atoms with Crippen LogP contribution in [0.25, 0.3) is 0 Å². The lowest BCUT2D eigenvalue weighted by atomic mass is 9.69. The van der Waals surface area contributed by atoms with E-state index in [-0.39, 0.29) is 28.5 Å². The molecule has 2 heterocycles. The van der Waals surface area contributed by atoms with Gasteiger partial charge in [0, 0.05) is 24.3 Å². The third-order valence-electron chi connectivity index (χ3n) is 7.10. The molecule has 1 saturated carbocycles. The van der Waals surface area contributed by atoms with Gasteiger partial charge in [0.05, 0.1) is 17.8 Å². The van der Waals surface area contributed by atoms with Gasteiger partial charge < -0.3 is 9.88 Å². The van der Waals surface area contributed by atoms with Crippen molar-refractivity contribution in [2.75, 3.05) is 25.5 Å². The number of amides is 2. The summed E-state index contributed by atoms with van der Waals surface area (Å²) in [7, 11) is 5.77. The second kappa shape index (κ2) is 7.23. The molecule has 6 nitrogen and oxygen atoms in total. The van der Waals surface area contributed by atoms with Gasteiger partial charge in [-0.25, -0.2) is 9.18 Å². The van der Waals surface area contributed by atoms with Gasteiger partial charge >= 0.3 is 6.03 Å². The van der Waals surface area contributed by atoms with E-state index in [1.54, 1.807) is 37.2 Å². The van der Waals surface area contributed by atoms with E-state index >= 15 is 0 Å². The summed E-state index contributed by atoms with van der Waals surface area (Å²) in [5.41, 5.74) is 1.53. The Labute approximate surface area is 176 Å². The molecule has 2 fully saturated rings. The lowest BCUT2D eigenvalue weighted by molar-refractivity contribution is 0.0655. The molecule has 2 aliphatic rings. The number of aromatic nitrogens is 1. The highest BCUT2D eigenvalue weighted by Crippen LogP contribution is 2.46. The summed E-state index contributed by atoms with van der Waals surface area (Å²) in [5.74, 6) is -0.226. The molecule has 160 valence electrons. The molecule has 1 aliphatic heterocycles. The fourth-order valence-corrected chi connectivity index (χ4v) is 5.14. The zero-order valence-electron chi connectivity index (χ0n) is 18.0. The summed E-state index contributed by atoms with van der Waals surface area (Å²) in [5, 5.41) is 3.20. The molecule has 2 aromatic rings. The number of rotatable bonds is 3. The fraction of sp³-hybridized carbons (Fsp3) is 0.478. The van der Waals surface area contributed by atoms with E-state index in [1.807, 2.05) is 26.2 Å². The Hall–Kier alpha value is -2.67. The van der Waals surface area contributed by atoms with Crippen LogP contribution in [0.15, 0.2) is 41.3 Å². The molecular weight excluding hydrogens is 383 g/mol. The third kappa shape index (κ3) is 3.21. The molecule has 4 rings (SSSR count). The highest BCUT2D eigenvalue weighted by molar-refractivity contribution is 5.96. The van der Waals surface area contributed by atoms with Crippen LogP contribution < -0.4 is 15.8 Å². The van der Waals surface area contributed by atoms with E-state index in [4.69, 9.17) is 0 Å². The van der Waals surface area contributed by atoms with Crippen LogP contribution >= 0.6 is 0 Å². The van der Waals surface area contributed by atoms with Crippen LogP contribution in [0, 0.1) is 12.7 Å². The number of hydrogen-bond acceptors (Lipinski definition) is 3. The van der Waals surface area contributed by atoms with Crippen LogP contribution in [-0.4, -0.2) is 41.7 Å². The summed E-state index contributed by atoms with van der Waals surface area (Å²) < 4.78 is 15.5. The van der Waals surface area contributed by atoms with Crippen molar-refractivity contribution in [2.24, 2.45) is 7.05 Å². The van der Waals surface area contributed by atoms with Crippen molar-refractivity contribution >= 4 is 11.7 Å². The molecule has 0 unspecified atom stereocenters. The Balaban J connectivity index is 1.59. The molecule has 7 heteroatoms. The Morgan fingerprint density at radius 3 is 2.43 bits per heavy atom. The minimum absolute atomic E-state index is 0.0948. The second-order valence-electron chi connectivity index (χ2n) is 8.98. The van der Waals surface area contributed by atoms with Crippen LogP contribution in [0.1, 0.15) is 36.8 Å². The topological polar surface area (TPSA) is 57.6 Å². The third-order valence-corrected chi connectivity index (χ3v) is 7.10. The molecule has 0 radical (unpaired) electrons. The summed E-state index contributed by atoms with van der Waals surface area (Å²) >= 11 is 0.